The minimum Gasteiger partial charge on any atom is -0.336 e. The SMILES string of the molecule is CCOP(=O)([CH-]Cl)OCC. The van der Waals surface area contributed by atoms with Crippen LogP contribution in [0.25, 0.3) is 0 Å². The highest BCUT2D eigenvalue weighted by atomic mass is 35.5. The predicted octanol–water partition coefficient (Wildman–Crippen LogP) is 2.61. The van der Waals surface area contributed by atoms with Crippen molar-refractivity contribution < 1.29 is 13.6 Å². The molecular weight excluding hydrogens is 174 g/mol. The van der Waals surface area contributed by atoms with Gasteiger partial charge < -0.3 is 20.6 Å². The van der Waals surface area contributed by atoms with Gasteiger partial charge in [0.25, 0.3) is 0 Å². The highest BCUT2D eigenvalue weighted by Gasteiger charge is 2.09. The first-order valence-electron chi connectivity index (χ1n) is 3.02. The normalized spacial score (nSPS) is 11.9. The van der Waals surface area contributed by atoms with Crippen LogP contribution < -0.4 is 0 Å². The van der Waals surface area contributed by atoms with Gasteiger partial charge in [0.15, 0.2) is 0 Å². The van der Waals surface area contributed by atoms with E-state index in [1.807, 2.05) is 0 Å². The fourth-order valence-electron chi connectivity index (χ4n) is 0.454. The van der Waals surface area contributed by atoms with E-state index in [4.69, 9.17) is 20.6 Å². The van der Waals surface area contributed by atoms with E-state index < -0.39 is 7.60 Å². The Balaban J connectivity index is 3.83. The highest BCUT2D eigenvalue weighted by Crippen LogP contribution is 2.52. The summed E-state index contributed by atoms with van der Waals surface area (Å²) in [4.78, 5) is 0. The van der Waals surface area contributed by atoms with Crippen molar-refractivity contribution in [2.45, 2.75) is 13.8 Å². The minimum absolute atomic E-state index is 0.334. The number of hydrogen-bond donors (Lipinski definition) is 0. The van der Waals surface area contributed by atoms with Crippen LogP contribution in [0.5, 0.6) is 0 Å². The molecule has 5 heteroatoms. The minimum atomic E-state index is -3.06. The summed E-state index contributed by atoms with van der Waals surface area (Å²) in [6.07, 6.45) is 0. The van der Waals surface area contributed by atoms with Crippen LogP contribution in [0.2, 0.25) is 0 Å². The van der Waals surface area contributed by atoms with Gasteiger partial charge in [-0.2, -0.15) is 0 Å². The van der Waals surface area contributed by atoms with Gasteiger partial charge in [0.2, 0.25) is 7.60 Å². The van der Waals surface area contributed by atoms with Crippen molar-refractivity contribution in [1.29, 1.82) is 0 Å². The van der Waals surface area contributed by atoms with Crippen LogP contribution in [-0.4, -0.2) is 13.2 Å². The van der Waals surface area contributed by atoms with Crippen LogP contribution in [0.15, 0.2) is 0 Å². The van der Waals surface area contributed by atoms with Gasteiger partial charge in [0.1, 0.15) is 0 Å². The number of halogens is 1. The zero-order valence-electron chi connectivity index (χ0n) is 6.04. The van der Waals surface area contributed by atoms with Crippen LogP contribution >= 0.6 is 19.2 Å². The Morgan fingerprint density at radius 3 is 2.00 bits per heavy atom. The Bertz CT molecular complexity index is 118. The maximum Gasteiger partial charge on any atom is 0.201 e. The van der Waals surface area contributed by atoms with Crippen molar-refractivity contribution in [3.8, 4) is 0 Å². The molecule has 0 heterocycles. The van der Waals surface area contributed by atoms with Crippen LogP contribution in [0.1, 0.15) is 13.8 Å². The van der Waals surface area contributed by atoms with Crippen LogP contribution in [-0.2, 0) is 13.6 Å². The fraction of sp³-hybridized carbons (Fsp3) is 0.800. The van der Waals surface area contributed by atoms with Gasteiger partial charge in [-0.05, 0) is 13.8 Å². The molecule has 0 saturated carbocycles. The van der Waals surface area contributed by atoms with E-state index in [-0.39, 0.29) is 0 Å². The van der Waals surface area contributed by atoms with Crippen molar-refractivity contribution in [2.24, 2.45) is 0 Å². The molecule has 0 unspecified atom stereocenters. The zero-order valence-corrected chi connectivity index (χ0v) is 7.69. The molecule has 0 aromatic rings. The van der Waals surface area contributed by atoms with Crippen molar-refractivity contribution in [3.63, 3.8) is 0 Å². The first-order valence-corrected chi connectivity index (χ1v) is 5.06. The second kappa shape index (κ2) is 5.14. The quantitative estimate of drug-likeness (QED) is 0.488. The van der Waals surface area contributed by atoms with Gasteiger partial charge in [-0.25, -0.2) is 0 Å². The molecule has 62 valence electrons. The lowest BCUT2D eigenvalue weighted by Crippen LogP contribution is -1.93. The Kier molecular flexibility index (Phi) is 5.36. The van der Waals surface area contributed by atoms with Gasteiger partial charge in [0.05, 0.1) is 13.2 Å². The van der Waals surface area contributed by atoms with Crippen LogP contribution in [0.4, 0.5) is 0 Å². The summed E-state index contributed by atoms with van der Waals surface area (Å²) in [7, 11) is -3.06. The summed E-state index contributed by atoms with van der Waals surface area (Å²) in [5, 5.41) is 0. The average molecular weight is 186 g/mol. The Morgan fingerprint density at radius 2 is 1.80 bits per heavy atom. The molecule has 0 aromatic carbocycles. The van der Waals surface area contributed by atoms with Gasteiger partial charge in [-0.3, -0.25) is 4.57 Å². The van der Waals surface area contributed by atoms with Crippen molar-refractivity contribution >= 4 is 19.2 Å². The van der Waals surface area contributed by atoms with E-state index in [0.717, 1.165) is 5.62 Å². The van der Waals surface area contributed by atoms with Gasteiger partial charge in [-0.15, -0.1) is 5.62 Å². The third kappa shape index (κ3) is 3.57. The first kappa shape index (κ1) is 10.4. The molecule has 0 atom stereocenters. The van der Waals surface area contributed by atoms with E-state index >= 15 is 0 Å². The zero-order chi connectivity index (χ0) is 8.04. The summed E-state index contributed by atoms with van der Waals surface area (Å²) < 4.78 is 20.7. The predicted molar refractivity (Wildman–Crippen MR) is 41.0 cm³/mol. The molecule has 3 nitrogen and oxygen atoms in total. The lowest BCUT2D eigenvalue weighted by atomic mass is 10.9. The molecule has 0 aliphatic heterocycles. The molecule has 0 saturated heterocycles. The Hall–Kier alpha value is 0.440. The van der Waals surface area contributed by atoms with E-state index in [2.05, 4.69) is 0 Å². The van der Waals surface area contributed by atoms with Crippen LogP contribution in [0, 0.1) is 5.62 Å². The highest BCUT2D eigenvalue weighted by molar-refractivity contribution is 7.58. The molecule has 0 rings (SSSR count). The summed E-state index contributed by atoms with van der Waals surface area (Å²) in [6.45, 7) is 4.12. The smallest absolute Gasteiger partial charge is 0.201 e. The molecule has 0 N–H and O–H groups in total. The Labute approximate surface area is 66.2 Å². The molecular formula is C5H11ClO3P-. The maximum atomic E-state index is 11.1. The van der Waals surface area contributed by atoms with Crippen molar-refractivity contribution in [1.82, 2.24) is 0 Å². The molecule has 0 radical (unpaired) electrons. The van der Waals surface area contributed by atoms with E-state index in [0.29, 0.717) is 13.2 Å². The average Bonchev–Trinajstić information content (AvgIpc) is 1.89. The van der Waals surface area contributed by atoms with E-state index in [1.165, 1.54) is 0 Å². The molecule has 0 fully saturated rings. The molecule has 0 bridgehead atoms. The molecule has 0 aromatic heterocycles. The third-order valence-electron chi connectivity index (χ3n) is 0.738. The molecule has 10 heavy (non-hydrogen) atoms. The maximum absolute atomic E-state index is 11.1. The molecule has 0 aliphatic rings. The summed E-state index contributed by atoms with van der Waals surface area (Å²) in [5.41, 5.74) is 0.944. The van der Waals surface area contributed by atoms with Crippen molar-refractivity contribution in [3.05, 3.63) is 5.62 Å². The van der Waals surface area contributed by atoms with Gasteiger partial charge in [-0.1, -0.05) is 0 Å². The molecule has 0 amide bonds. The van der Waals surface area contributed by atoms with Crippen molar-refractivity contribution in [2.75, 3.05) is 13.2 Å². The van der Waals surface area contributed by atoms with E-state index in [1.54, 1.807) is 13.8 Å². The van der Waals surface area contributed by atoms with Gasteiger partial charge in [0, 0.05) is 0 Å². The van der Waals surface area contributed by atoms with Gasteiger partial charge >= 0.3 is 0 Å². The monoisotopic (exact) mass is 185 g/mol. The molecule has 0 spiro atoms. The standard InChI is InChI=1S/C5H11ClO3P/c1-3-8-10(7,5-6)9-4-2/h5H,3-4H2,1-2H3/q-1. The second-order valence-electron chi connectivity index (χ2n) is 1.47. The summed E-state index contributed by atoms with van der Waals surface area (Å²) in [6, 6.07) is 0. The van der Waals surface area contributed by atoms with E-state index in [9.17, 15) is 4.57 Å². The second-order valence-corrected chi connectivity index (χ2v) is 3.85. The largest absolute Gasteiger partial charge is 0.336 e. The Morgan fingerprint density at radius 1 is 1.40 bits per heavy atom. The lowest BCUT2D eigenvalue weighted by molar-refractivity contribution is 0.227. The summed E-state index contributed by atoms with van der Waals surface area (Å²) >= 11 is 5.23. The first-order chi connectivity index (χ1) is 4.68. The molecule has 0 aliphatic carbocycles. The topological polar surface area (TPSA) is 35.5 Å². The lowest BCUT2D eigenvalue weighted by Gasteiger charge is -2.21. The fourth-order valence-corrected chi connectivity index (χ4v) is 1.70. The number of hydrogen-bond acceptors (Lipinski definition) is 3. The number of rotatable bonds is 5. The third-order valence-corrected chi connectivity index (χ3v) is 2.93. The summed E-state index contributed by atoms with van der Waals surface area (Å²) in [5.74, 6) is 0. The van der Waals surface area contributed by atoms with Crippen LogP contribution in [0.3, 0.4) is 0 Å².